The van der Waals surface area contributed by atoms with Gasteiger partial charge in [-0.1, -0.05) is 48.9 Å². The summed E-state index contributed by atoms with van der Waals surface area (Å²) in [5.41, 5.74) is 1.09. The SMILES string of the molecule is O=C(CNC1CCCC(Cl)C1)Cc1ccc2ccccc2c1. The Labute approximate surface area is 136 Å². The summed E-state index contributed by atoms with van der Waals surface area (Å²) in [6.07, 6.45) is 4.86. The van der Waals surface area contributed by atoms with Gasteiger partial charge < -0.3 is 5.32 Å². The van der Waals surface area contributed by atoms with Crippen LogP contribution < -0.4 is 5.32 Å². The highest BCUT2D eigenvalue weighted by Gasteiger charge is 2.20. The molecule has 1 saturated carbocycles. The van der Waals surface area contributed by atoms with Gasteiger partial charge in [0.25, 0.3) is 0 Å². The number of Topliss-reactive ketones (excluding diaryl/α,β-unsaturated/α-hetero) is 1. The average molecular weight is 316 g/mol. The van der Waals surface area contributed by atoms with Crippen molar-refractivity contribution < 1.29 is 4.79 Å². The highest BCUT2D eigenvalue weighted by atomic mass is 35.5. The predicted octanol–water partition coefficient (Wildman–Crippen LogP) is 4.09. The van der Waals surface area contributed by atoms with E-state index >= 15 is 0 Å². The van der Waals surface area contributed by atoms with Crippen LogP contribution in [0, 0.1) is 0 Å². The van der Waals surface area contributed by atoms with Crippen LogP contribution in [0.2, 0.25) is 0 Å². The van der Waals surface area contributed by atoms with Gasteiger partial charge in [0, 0.05) is 17.8 Å². The van der Waals surface area contributed by atoms with Gasteiger partial charge in [-0.3, -0.25) is 4.79 Å². The van der Waals surface area contributed by atoms with Gasteiger partial charge in [-0.2, -0.15) is 0 Å². The predicted molar refractivity (Wildman–Crippen MR) is 92.6 cm³/mol. The van der Waals surface area contributed by atoms with Crippen LogP contribution in [0.25, 0.3) is 10.8 Å². The Kier molecular flexibility index (Phi) is 5.12. The van der Waals surface area contributed by atoms with Crippen molar-refractivity contribution in [1.82, 2.24) is 5.32 Å². The number of carbonyl (C=O) groups excluding carboxylic acids is 1. The van der Waals surface area contributed by atoms with E-state index in [1.807, 2.05) is 12.1 Å². The summed E-state index contributed by atoms with van der Waals surface area (Å²) in [6, 6.07) is 14.9. The number of rotatable bonds is 5. The molecule has 2 aromatic rings. The first-order chi connectivity index (χ1) is 10.7. The quantitative estimate of drug-likeness (QED) is 0.842. The number of fused-ring (bicyclic) bond motifs is 1. The molecule has 2 atom stereocenters. The zero-order valence-electron chi connectivity index (χ0n) is 12.7. The number of ketones is 1. The Hall–Kier alpha value is -1.38. The maximum atomic E-state index is 12.2. The standard InChI is InChI=1S/C19H22ClNO/c20-17-6-3-7-18(12-17)21-13-19(22)11-14-8-9-15-4-1-2-5-16(15)10-14/h1-2,4-5,8-10,17-18,21H,3,6-7,11-13H2. The third-order valence-corrected chi connectivity index (χ3v) is 4.81. The minimum Gasteiger partial charge on any atom is -0.307 e. The lowest BCUT2D eigenvalue weighted by Crippen LogP contribution is -2.38. The van der Waals surface area contributed by atoms with Crippen molar-refractivity contribution in [3.05, 3.63) is 48.0 Å². The average Bonchev–Trinajstić information content (AvgIpc) is 2.53. The van der Waals surface area contributed by atoms with Crippen LogP contribution in [-0.4, -0.2) is 23.7 Å². The van der Waals surface area contributed by atoms with Crippen molar-refractivity contribution in [3.63, 3.8) is 0 Å². The molecule has 1 aliphatic rings. The normalized spacial score (nSPS) is 21.9. The first kappa shape index (κ1) is 15.5. The number of halogens is 1. The van der Waals surface area contributed by atoms with Crippen LogP contribution in [0.3, 0.4) is 0 Å². The fourth-order valence-corrected chi connectivity index (χ4v) is 3.58. The van der Waals surface area contributed by atoms with Crippen molar-refractivity contribution in [2.45, 2.75) is 43.5 Å². The van der Waals surface area contributed by atoms with E-state index < -0.39 is 0 Å². The highest BCUT2D eigenvalue weighted by molar-refractivity contribution is 6.20. The molecule has 3 heteroatoms. The minimum atomic E-state index is 0.243. The summed E-state index contributed by atoms with van der Waals surface area (Å²) < 4.78 is 0. The second-order valence-electron chi connectivity index (χ2n) is 6.24. The van der Waals surface area contributed by atoms with Gasteiger partial charge in [0.1, 0.15) is 0 Å². The summed E-state index contributed by atoms with van der Waals surface area (Å²) in [7, 11) is 0. The molecule has 2 unspecified atom stereocenters. The van der Waals surface area contributed by atoms with Gasteiger partial charge >= 0.3 is 0 Å². The second kappa shape index (κ2) is 7.26. The third-order valence-electron chi connectivity index (χ3n) is 4.41. The van der Waals surface area contributed by atoms with Crippen molar-refractivity contribution in [3.8, 4) is 0 Å². The van der Waals surface area contributed by atoms with Gasteiger partial charge in [-0.05, 0) is 35.6 Å². The van der Waals surface area contributed by atoms with E-state index in [0.717, 1.165) is 31.2 Å². The lowest BCUT2D eigenvalue weighted by molar-refractivity contribution is -0.117. The van der Waals surface area contributed by atoms with E-state index in [0.29, 0.717) is 19.0 Å². The van der Waals surface area contributed by atoms with E-state index in [2.05, 4.69) is 35.6 Å². The first-order valence-corrected chi connectivity index (χ1v) is 8.51. The van der Waals surface area contributed by atoms with Crippen LogP contribution in [0.5, 0.6) is 0 Å². The van der Waals surface area contributed by atoms with Crippen LogP contribution in [0.15, 0.2) is 42.5 Å². The largest absolute Gasteiger partial charge is 0.307 e. The fraction of sp³-hybridized carbons (Fsp3) is 0.421. The van der Waals surface area contributed by atoms with E-state index in [-0.39, 0.29) is 11.2 Å². The number of benzene rings is 2. The van der Waals surface area contributed by atoms with Gasteiger partial charge in [0.2, 0.25) is 0 Å². The molecule has 3 rings (SSSR count). The Morgan fingerprint density at radius 1 is 1.14 bits per heavy atom. The first-order valence-electron chi connectivity index (χ1n) is 8.07. The maximum Gasteiger partial charge on any atom is 0.150 e. The van der Waals surface area contributed by atoms with Gasteiger partial charge in [-0.15, -0.1) is 11.6 Å². The summed E-state index contributed by atoms with van der Waals surface area (Å²) in [5.74, 6) is 0.243. The Balaban J connectivity index is 1.54. The van der Waals surface area contributed by atoms with Crippen LogP contribution in [0.1, 0.15) is 31.2 Å². The summed E-state index contributed by atoms with van der Waals surface area (Å²) in [4.78, 5) is 12.2. The number of carbonyl (C=O) groups is 1. The van der Waals surface area contributed by atoms with Gasteiger partial charge in [0.15, 0.2) is 5.78 Å². The molecule has 0 saturated heterocycles. The Bertz CT molecular complexity index is 655. The highest BCUT2D eigenvalue weighted by Crippen LogP contribution is 2.22. The molecular formula is C19H22ClNO. The molecule has 116 valence electrons. The monoisotopic (exact) mass is 315 g/mol. The van der Waals surface area contributed by atoms with Gasteiger partial charge in [0.05, 0.1) is 6.54 Å². The van der Waals surface area contributed by atoms with Crippen molar-refractivity contribution >= 4 is 28.2 Å². The summed E-state index contributed by atoms with van der Waals surface area (Å²) in [5, 5.41) is 6.05. The van der Waals surface area contributed by atoms with Crippen LogP contribution in [0.4, 0.5) is 0 Å². The maximum absolute atomic E-state index is 12.2. The van der Waals surface area contributed by atoms with Gasteiger partial charge in [-0.25, -0.2) is 0 Å². The van der Waals surface area contributed by atoms with Crippen LogP contribution in [-0.2, 0) is 11.2 Å². The molecule has 0 radical (unpaired) electrons. The molecule has 0 spiro atoms. The second-order valence-corrected chi connectivity index (χ2v) is 6.86. The van der Waals surface area contributed by atoms with E-state index in [9.17, 15) is 4.79 Å². The van der Waals surface area contributed by atoms with E-state index in [1.165, 1.54) is 10.8 Å². The molecule has 2 nitrogen and oxygen atoms in total. The third kappa shape index (κ3) is 4.08. The fourth-order valence-electron chi connectivity index (χ4n) is 3.21. The molecule has 1 N–H and O–H groups in total. The molecule has 1 aliphatic carbocycles. The summed E-state index contributed by atoms with van der Waals surface area (Å²) in [6.45, 7) is 0.446. The number of nitrogens with one attached hydrogen (secondary N) is 1. The van der Waals surface area contributed by atoms with Crippen molar-refractivity contribution in [2.24, 2.45) is 0 Å². The van der Waals surface area contributed by atoms with E-state index in [4.69, 9.17) is 11.6 Å². The molecule has 0 aliphatic heterocycles. The van der Waals surface area contributed by atoms with E-state index in [1.54, 1.807) is 0 Å². The van der Waals surface area contributed by atoms with Crippen molar-refractivity contribution in [1.29, 1.82) is 0 Å². The number of hydrogen-bond donors (Lipinski definition) is 1. The smallest absolute Gasteiger partial charge is 0.150 e. The van der Waals surface area contributed by atoms with Crippen LogP contribution >= 0.6 is 11.6 Å². The molecule has 0 heterocycles. The Morgan fingerprint density at radius 3 is 2.77 bits per heavy atom. The minimum absolute atomic E-state index is 0.243. The zero-order chi connectivity index (χ0) is 15.4. The number of alkyl halides is 1. The lowest BCUT2D eigenvalue weighted by atomic mass is 9.95. The molecule has 22 heavy (non-hydrogen) atoms. The molecule has 0 amide bonds. The lowest BCUT2D eigenvalue weighted by Gasteiger charge is -2.26. The molecule has 2 aromatic carbocycles. The molecule has 0 aromatic heterocycles. The number of hydrogen-bond acceptors (Lipinski definition) is 2. The molecule has 0 bridgehead atoms. The zero-order valence-corrected chi connectivity index (χ0v) is 13.5. The molecule has 1 fully saturated rings. The molecular weight excluding hydrogens is 294 g/mol. The van der Waals surface area contributed by atoms with Crippen molar-refractivity contribution in [2.75, 3.05) is 6.54 Å². The topological polar surface area (TPSA) is 29.1 Å². The Morgan fingerprint density at radius 2 is 1.95 bits per heavy atom. The summed E-state index contributed by atoms with van der Waals surface area (Å²) >= 11 is 6.19.